The average Bonchev–Trinajstić information content (AvgIpc) is 2.87. The molecule has 1 aromatic carbocycles. The maximum Gasteiger partial charge on any atom is 0.260 e. The number of rotatable bonds is 3. The van der Waals surface area contributed by atoms with Crippen LogP contribution in [0, 0.1) is 0 Å². The molecule has 28 heavy (non-hydrogen) atoms. The third kappa shape index (κ3) is 3.76. The summed E-state index contributed by atoms with van der Waals surface area (Å²) < 4.78 is 1.51. The van der Waals surface area contributed by atoms with E-state index in [1.165, 1.54) is 4.57 Å². The largest absolute Gasteiger partial charge is 0.369 e. The van der Waals surface area contributed by atoms with Crippen LogP contribution >= 0.6 is 0 Å². The highest BCUT2D eigenvalue weighted by molar-refractivity contribution is 5.81. The van der Waals surface area contributed by atoms with Gasteiger partial charge in [0, 0.05) is 65.0 Å². The molecule has 1 unspecified atom stereocenters. The first kappa shape index (κ1) is 18.9. The molecule has 1 atom stereocenters. The van der Waals surface area contributed by atoms with E-state index in [2.05, 4.69) is 14.8 Å². The number of amides is 1. The normalized spacial score (nSPS) is 21.9. The monoisotopic (exact) mass is 383 g/mol. The second-order valence-corrected chi connectivity index (χ2v) is 8.05. The Hall–Kier alpha value is -2.41. The first-order valence-corrected chi connectivity index (χ1v) is 10.2. The summed E-state index contributed by atoms with van der Waals surface area (Å²) in [6, 6.07) is 6.27. The van der Waals surface area contributed by atoms with Crippen LogP contribution in [0.25, 0.3) is 10.9 Å². The molecule has 3 heterocycles. The second kappa shape index (κ2) is 7.91. The summed E-state index contributed by atoms with van der Waals surface area (Å²) >= 11 is 0. The Morgan fingerprint density at radius 2 is 1.86 bits per heavy atom. The van der Waals surface area contributed by atoms with Crippen LogP contribution < -0.4 is 10.5 Å². The van der Waals surface area contributed by atoms with Crippen molar-refractivity contribution in [1.29, 1.82) is 0 Å². The Bertz CT molecular complexity index is 917. The summed E-state index contributed by atoms with van der Waals surface area (Å²) in [5.74, 6) is 0.288. The molecule has 0 aliphatic carbocycles. The zero-order valence-corrected chi connectivity index (χ0v) is 16.8. The van der Waals surface area contributed by atoms with Crippen molar-refractivity contribution >= 4 is 22.5 Å². The summed E-state index contributed by atoms with van der Waals surface area (Å²) in [7, 11) is 3.68. The third-order valence-corrected chi connectivity index (χ3v) is 6.23. The summed E-state index contributed by atoms with van der Waals surface area (Å²) in [4.78, 5) is 35.5. The number of aromatic nitrogens is 2. The van der Waals surface area contributed by atoms with Crippen molar-refractivity contribution in [3.63, 3.8) is 0 Å². The number of anilines is 1. The van der Waals surface area contributed by atoms with Crippen LogP contribution in [0.4, 0.5) is 5.69 Å². The van der Waals surface area contributed by atoms with E-state index in [4.69, 9.17) is 0 Å². The van der Waals surface area contributed by atoms with Crippen LogP contribution in [-0.2, 0) is 11.8 Å². The zero-order valence-electron chi connectivity index (χ0n) is 16.8. The number of likely N-dealkylation sites (tertiary alicyclic amines) is 1. The van der Waals surface area contributed by atoms with Gasteiger partial charge in [-0.2, -0.15) is 0 Å². The summed E-state index contributed by atoms with van der Waals surface area (Å²) in [5.41, 5.74) is 1.86. The van der Waals surface area contributed by atoms with Gasteiger partial charge in [-0.05, 0) is 31.0 Å². The number of hydrogen-bond acceptors (Lipinski definition) is 5. The van der Waals surface area contributed by atoms with Crippen molar-refractivity contribution in [3.8, 4) is 0 Å². The number of piperazine rings is 1. The fourth-order valence-electron chi connectivity index (χ4n) is 4.33. The predicted octanol–water partition coefficient (Wildman–Crippen LogP) is 1.46. The fourth-order valence-corrected chi connectivity index (χ4v) is 4.33. The molecule has 0 radical (unpaired) electrons. The maximum absolute atomic E-state index is 12.2. The fraction of sp³-hybridized carbons (Fsp3) is 0.571. The van der Waals surface area contributed by atoms with Gasteiger partial charge in [-0.3, -0.25) is 14.5 Å². The number of benzene rings is 1. The second-order valence-electron chi connectivity index (χ2n) is 8.05. The van der Waals surface area contributed by atoms with Crippen LogP contribution in [-0.4, -0.2) is 71.1 Å². The molecular formula is C21H29N5O2. The molecule has 2 saturated heterocycles. The van der Waals surface area contributed by atoms with Gasteiger partial charge in [-0.1, -0.05) is 6.42 Å². The molecule has 0 bridgehead atoms. The number of hydrogen-bond donors (Lipinski definition) is 0. The molecule has 7 nitrogen and oxygen atoms in total. The van der Waals surface area contributed by atoms with E-state index in [9.17, 15) is 9.59 Å². The lowest BCUT2D eigenvalue weighted by Crippen LogP contribution is -2.51. The van der Waals surface area contributed by atoms with Gasteiger partial charge in [0.05, 0.1) is 17.2 Å². The van der Waals surface area contributed by atoms with E-state index in [0.29, 0.717) is 17.8 Å². The van der Waals surface area contributed by atoms with Crippen molar-refractivity contribution in [2.24, 2.45) is 7.05 Å². The number of nitrogens with zero attached hydrogens (tertiary/aromatic N) is 5. The highest BCUT2D eigenvalue weighted by Gasteiger charge is 2.26. The lowest BCUT2D eigenvalue weighted by molar-refractivity contribution is -0.131. The lowest BCUT2D eigenvalue weighted by atomic mass is 10.1. The molecule has 0 saturated carbocycles. The predicted molar refractivity (Wildman–Crippen MR) is 111 cm³/mol. The molecular weight excluding hydrogens is 354 g/mol. The van der Waals surface area contributed by atoms with E-state index in [1.54, 1.807) is 13.4 Å². The maximum atomic E-state index is 12.2. The molecule has 2 aromatic rings. The van der Waals surface area contributed by atoms with E-state index in [0.717, 1.165) is 63.2 Å². The number of likely N-dealkylation sites (N-methyl/N-ethyl adjacent to an activating group) is 1. The highest BCUT2D eigenvalue weighted by atomic mass is 16.2. The number of aryl methyl sites for hydroxylation is 1. The molecule has 2 aliphatic rings. The number of carbonyl (C=O) groups excluding carboxylic acids is 1. The van der Waals surface area contributed by atoms with Crippen LogP contribution in [0.15, 0.2) is 29.3 Å². The van der Waals surface area contributed by atoms with Gasteiger partial charge < -0.3 is 14.4 Å². The van der Waals surface area contributed by atoms with Gasteiger partial charge in [0.15, 0.2) is 0 Å². The lowest BCUT2D eigenvalue weighted by Gasteiger charge is -2.39. The number of fused-ring (bicyclic) bond motifs is 1. The highest BCUT2D eigenvalue weighted by Crippen LogP contribution is 2.22. The first-order valence-electron chi connectivity index (χ1n) is 10.2. The van der Waals surface area contributed by atoms with Gasteiger partial charge in [0.25, 0.3) is 5.56 Å². The average molecular weight is 383 g/mol. The quantitative estimate of drug-likeness (QED) is 0.803. The number of carbonyl (C=O) groups is 1. The Morgan fingerprint density at radius 1 is 1.07 bits per heavy atom. The standard InChI is InChI=1S/C21H29N5O2/c1-23-15-22-19-13-16(7-8-18(19)21(23)28)26-11-9-25(10-12-26)14-17-5-3-4-6-20(27)24(17)2/h7-8,13,15,17H,3-6,9-12,14H2,1-2H3. The Kier molecular flexibility index (Phi) is 5.35. The molecule has 2 aliphatic heterocycles. The van der Waals surface area contributed by atoms with E-state index in [1.807, 2.05) is 30.1 Å². The van der Waals surface area contributed by atoms with Crippen LogP contribution in [0.5, 0.6) is 0 Å². The molecule has 1 amide bonds. The topological polar surface area (TPSA) is 61.7 Å². The van der Waals surface area contributed by atoms with E-state index >= 15 is 0 Å². The first-order chi connectivity index (χ1) is 13.5. The van der Waals surface area contributed by atoms with E-state index < -0.39 is 0 Å². The van der Waals surface area contributed by atoms with Crippen molar-refractivity contribution < 1.29 is 4.79 Å². The van der Waals surface area contributed by atoms with Crippen LogP contribution in [0.1, 0.15) is 25.7 Å². The van der Waals surface area contributed by atoms with Crippen molar-refractivity contribution in [2.45, 2.75) is 31.7 Å². The Morgan fingerprint density at radius 3 is 2.64 bits per heavy atom. The summed E-state index contributed by atoms with van der Waals surface area (Å²) in [6.45, 7) is 4.83. The van der Waals surface area contributed by atoms with Gasteiger partial charge in [0.1, 0.15) is 0 Å². The van der Waals surface area contributed by atoms with Crippen molar-refractivity contribution in [1.82, 2.24) is 19.4 Å². The molecule has 1 aromatic heterocycles. The zero-order chi connectivity index (χ0) is 19.7. The molecule has 0 N–H and O–H groups in total. The molecule has 2 fully saturated rings. The van der Waals surface area contributed by atoms with E-state index in [-0.39, 0.29) is 11.5 Å². The van der Waals surface area contributed by atoms with Gasteiger partial charge in [0.2, 0.25) is 5.91 Å². The SMILES string of the molecule is CN1C(=O)CCCCC1CN1CCN(c2ccc3c(=O)n(C)cnc3c2)CC1. The Balaban J connectivity index is 1.40. The van der Waals surface area contributed by atoms with Crippen LogP contribution in [0.3, 0.4) is 0 Å². The summed E-state index contributed by atoms with van der Waals surface area (Å²) in [5, 5.41) is 0.661. The van der Waals surface area contributed by atoms with Gasteiger partial charge in [-0.15, -0.1) is 0 Å². The summed E-state index contributed by atoms with van der Waals surface area (Å²) in [6.07, 6.45) is 5.54. The molecule has 150 valence electrons. The molecule has 4 rings (SSSR count). The third-order valence-electron chi connectivity index (χ3n) is 6.23. The molecule has 7 heteroatoms. The minimum Gasteiger partial charge on any atom is -0.369 e. The van der Waals surface area contributed by atoms with Gasteiger partial charge in [-0.25, -0.2) is 4.98 Å². The van der Waals surface area contributed by atoms with Crippen molar-refractivity contribution in [2.75, 3.05) is 44.7 Å². The molecule has 0 spiro atoms. The van der Waals surface area contributed by atoms with Gasteiger partial charge >= 0.3 is 0 Å². The Labute approximate surface area is 165 Å². The smallest absolute Gasteiger partial charge is 0.260 e. The van der Waals surface area contributed by atoms with Crippen LogP contribution in [0.2, 0.25) is 0 Å². The van der Waals surface area contributed by atoms with Crippen molar-refractivity contribution in [3.05, 3.63) is 34.9 Å². The minimum atomic E-state index is -0.0107. The minimum absolute atomic E-state index is 0.0107.